The summed E-state index contributed by atoms with van der Waals surface area (Å²) < 4.78 is 0. The first-order valence-corrected chi connectivity index (χ1v) is 8.10. The predicted molar refractivity (Wildman–Crippen MR) is 78.0 cm³/mol. The molecule has 0 aromatic heterocycles. The molecular weight excluding hydrogens is 228 g/mol. The standard InChI is InChI=1S/C19H22/c1-11-4-2-3-5-15(11)16-9-14-10-17(16)19-13-7-6-12(8-13)18(14)19/h2-5,13-14,16-17,19H,6-10H2,1H3. The van der Waals surface area contributed by atoms with Crippen LogP contribution in [0.25, 0.3) is 0 Å². The SMILES string of the molecule is Cc1ccccc1C1CC2CC1C1C2=C2CCC1C2. The Morgan fingerprint density at radius 2 is 2.00 bits per heavy atom. The summed E-state index contributed by atoms with van der Waals surface area (Å²) in [7, 11) is 0. The molecule has 0 saturated heterocycles. The van der Waals surface area contributed by atoms with Gasteiger partial charge in [0.05, 0.1) is 0 Å². The van der Waals surface area contributed by atoms with Crippen LogP contribution in [0.15, 0.2) is 35.4 Å². The van der Waals surface area contributed by atoms with E-state index in [9.17, 15) is 0 Å². The molecule has 19 heavy (non-hydrogen) atoms. The fraction of sp³-hybridized carbons (Fsp3) is 0.579. The van der Waals surface area contributed by atoms with E-state index in [0.717, 1.165) is 29.6 Å². The minimum absolute atomic E-state index is 0.875. The summed E-state index contributed by atoms with van der Waals surface area (Å²) in [6.45, 7) is 2.31. The lowest BCUT2D eigenvalue weighted by atomic mass is 9.69. The number of hydrogen-bond acceptors (Lipinski definition) is 0. The topological polar surface area (TPSA) is 0 Å². The van der Waals surface area contributed by atoms with Crippen molar-refractivity contribution >= 4 is 0 Å². The number of hydrogen-bond donors (Lipinski definition) is 0. The first-order chi connectivity index (χ1) is 9.33. The van der Waals surface area contributed by atoms with Crippen LogP contribution in [0.2, 0.25) is 0 Å². The van der Waals surface area contributed by atoms with E-state index in [2.05, 4.69) is 31.2 Å². The van der Waals surface area contributed by atoms with Gasteiger partial charge < -0.3 is 0 Å². The molecule has 1 aromatic carbocycles. The Labute approximate surface area is 115 Å². The summed E-state index contributed by atoms with van der Waals surface area (Å²) in [5, 5.41) is 0. The molecule has 0 N–H and O–H groups in total. The van der Waals surface area contributed by atoms with Gasteiger partial charge in [0.2, 0.25) is 0 Å². The maximum atomic E-state index is 2.40. The minimum Gasteiger partial charge on any atom is -0.0701 e. The third kappa shape index (κ3) is 1.26. The lowest BCUT2D eigenvalue weighted by Crippen LogP contribution is -2.25. The Hall–Kier alpha value is -1.04. The summed E-state index contributed by atoms with van der Waals surface area (Å²) >= 11 is 0. The van der Waals surface area contributed by atoms with Crippen molar-refractivity contribution in [1.29, 1.82) is 0 Å². The molecule has 0 heteroatoms. The molecule has 0 spiro atoms. The highest BCUT2D eigenvalue weighted by Crippen LogP contribution is 2.67. The zero-order valence-corrected chi connectivity index (χ0v) is 11.7. The van der Waals surface area contributed by atoms with Gasteiger partial charge >= 0.3 is 0 Å². The zero-order chi connectivity index (χ0) is 12.6. The van der Waals surface area contributed by atoms with Crippen molar-refractivity contribution in [3.63, 3.8) is 0 Å². The second kappa shape index (κ2) is 3.53. The Balaban J connectivity index is 1.56. The average Bonchev–Trinajstić information content (AvgIpc) is 3.17. The number of allylic oxidation sites excluding steroid dienone is 2. The van der Waals surface area contributed by atoms with Gasteiger partial charge in [0.1, 0.15) is 0 Å². The predicted octanol–water partition coefficient (Wildman–Crippen LogP) is 4.84. The van der Waals surface area contributed by atoms with E-state index in [1.807, 2.05) is 11.1 Å². The van der Waals surface area contributed by atoms with Gasteiger partial charge in [0.25, 0.3) is 0 Å². The first kappa shape index (κ1) is 10.7. The van der Waals surface area contributed by atoms with E-state index in [0.29, 0.717) is 0 Å². The van der Waals surface area contributed by atoms with Gasteiger partial charge in [-0.15, -0.1) is 0 Å². The van der Waals surface area contributed by atoms with Crippen molar-refractivity contribution in [3.05, 3.63) is 46.5 Å². The molecule has 4 bridgehead atoms. The molecular formula is C19H22. The lowest BCUT2D eigenvalue weighted by Gasteiger charge is -2.35. The summed E-state index contributed by atoms with van der Waals surface area (Å²) in [4.78, 5) is 0. The summed E-state index contributed by atoms with van der Waals surface area (Å²) in [5.74, 6) is 4.89. The normalized spacial score (nSPS) is 42.3. The van der Waals surface area contributed by atoms with Crippen molar-refractivity contribution in [2.75, 3.05) is 0 Å². The molecule has 3 saturated carbocycles. The molecule has 0 nitrogen and oxygen atoms in total. The first-order valence-electron chi connectivity index (χ1n) is 8.10. The summed E-state index contributed by atoms with van der Waals surface area (Å²) in [6, 6.07) is 9.15. The molecule has 5 unspecified atom stereocenters. The van der Waals surface area contributed by atoms with Gasteiger partial charge in [-0.25, -0.2) is 0 Å². The van der Waals surface area contributed by atoms with E-state index in [1.54, 1.807) is 5.56 Å². The molecule has 5 atom stereocenters. The van der Waals surface area contributed by atoms with E-state index in [4.69, 9.17) is 0 Å². The van der Waals surface area contributed by atoms with Crippen molar-refractivity contribution in [2.24, 2.45) is 23.7 Å². The molecule has 4 aliphatic rings. The smallest absolute Gasteiger partial charge is 0.0119 e. The Morgan fingerprint density at radius 3 is 2.89 bits per heavy atom. The summed E-state index contributed by atoms with van der Waals surface area (Å²) in [6.07, 6.45) is 7.41. The van der Waals surface area contributed by atoms with Crippen molar-refractivity contribution in [2.45, 2.75) is 44.9 Å². The van der Waals surface area contributed by atoms with Gasteiger partial charge in [0.15, 0.2) is 0 Å². The molecule has 5 rings (SSSR count). The number of fused-ring (bicyclic) bond motifs is 8. The largest absolute Gasteiger partial charge is 0.0701 e. The van der Waals surface area contributed by atoms with Crippen LogP contribution in [-0.4, -0.2) is 0 Å². The Kier molecular flexibility index (Phi) is 1.99. The highest BCUT2D eigenvalue weighted by atomic mass is 14.6. The van der Waals surface area contributed by atoms with Gasteiger partial charge in [-0.1, -0.05) is 35.4 Å². The van der Waals surface area contributed by atoms with Crippen LogP contribution in [0.3, 0.4) is 0 Å². The minimum atomic E-state index is 0.875. The molecule has 0 radical (unpaired) electrons. The van der Waals surface area contributed by atoms with E-state index in [-0.39, 0.29) is 0 Å². The molecule has 4 aliphatic carbocycles. The van der Waals surface area contributed by atoms with Crippen LogP contribution in [-0.2, 0) is 0 Å². The monoisotopic (exact) mass is 250 g/mol. The van der Waals surface area contributed by atoms with Crippen molar-refractivity contribution in [3.8, 4) is 0 Å². The highest BCUT2D eigenvalue weighted by molar-refractivity contribution is 5.41. The van der Waals surface area contributed by atoms with E-state index >= 15 is 0 Å². The van der Waals surface area contributed by atoms with E-state index in [1.165, 1.54) is 37.7 Å². The van der Waals surface area contributed by atoms with Gasteiger partial charge in [-0.05, 0) is 79.7 Å². The highest BCUT2D eigenvalue weighted by Gasteiger charge is 2.57. The zero-order valence-electron chi connectivity index (χ0n) is 11.7. The molecule has 0 aliphatic heterocycles. The van der Waals surface area contributed by atoms with Gasteiger partial charge in [-0.2, -0.15) is 0 Å². The maximum Gasteiger partial charge on any atom is -0.0119 e. The van der Waals surface area contributed by atoms with Crippen LogP contribution < -0.4 is 0 Å². The molecule has 0 heterocycles. The average molecular weight is 250 g/mol. The van der Waals surface area contributed by atoms with Gasteiger partial charge in [0, 0.05) is 0 Å². The Bertz CT molecular complexity index is 579. The van der Waals surface area contributed by atoms with Crippen molar-refractivity contribution < 1.29 is 0 Å². The molecule has 1 aromatic rings. The third-order valence-electron chi connectivity index (χ3n) is 6.70. The van der Waals surface area contributed by atoms with Gasteiger partial charge in [-0.3, -0.25) is 0 Å². The van der Waals surface area contributed by atoms with Crippen LogP contribution in [0.4, 0.5) is 0 Å². The quantitative estimate of drug-likeness (QED) is 0.625. The van der Waals surface area contributed by atoms with Crippen molar-refractivity contribution in [1.82, 2.24) is 0 Å². The van der Waals surface area contributed by atoms with Crippen LogP contribution in [0, 0.1) is 30.6 Å². The molecule has 0 amide bonds. The van der Waals surface area contributed by atoms with Crippen LogP contribution in [0.5, 0.6) is 0 Å². The summed E-state index contributed by atoms with van der Waals surface area (Å²) in [5.41, 5.74) is 7.08. The Morgan fingerprint density at radius 1 is 1.11 bits per heavy atom. The third-order valence-corrected chi connectivity index (χ3v) is 6.70. The number of benzene rings is 1. The van der Waals surface area contributed by atoms with E-state index < -0.39 is 0 Å². The number of rotatable bonds is 1. The second-order valence-corrected chi connectivity index (χ2v) is 7.38. The fourth-order valence-electron chi connectivity index (χ4n) is 6.16. The molecule has 3 fully saturated rings. The van der Waals surface area contributed by atoms with Crippen LogP contribution in [0.1, 0.15) is 49.1 Å². The lowest BCUT2D eigenvalue weighted by molar-refractivity contribution is 0.270. The molecule has 98 valence electrons. The van der Waals surface area contributed by atoms with Crippen LogP contribution >= 0.6 is 0 Å². The maximum absolute atomic E-state index is 2.40. The fourth-order valence-corrected chi connectivity index (χ4v) is 6.16. The second-order valence-electron chi connectivity index (χ2n) is 7.38. The number of aryl methyl sites for hydroxylation is 1.